The fraction of sp³-hybridized carbons (Fsp3) is 0.100. The number of carbonyl (C=O) groups excluding carboxylic acids is 1. The lowest BCUT2D eigenvalue weighted by Gasteiger charge is -2.08. The lowest BCUT2D eigenvalue weighted by molar-refractivity contribution is -0.384. The molecule has 0 aliphatic carbocycles. The van der Waals surface area contributed by atoms with Crippen molar-refractivity contribution in [3.05, 3.63) is 86.1 Å². The van der Waals surface area contributed by atoms with Crippen LogP contribution in [0.15, 0.2) is 65.1 Å². The third kappa shape index (κ3) is 5.63. The Kier molecular flexibility index (Phi) is 6.54. The summed E-state index contributed by atoms with van der Waals surface area (Å²) in [6, 6.07) is 15.6. The van der Waals surface area contributed by atoms with Gasteiger partial charge in [0.15, 0.2) is 0 Å². The number of thiophene rings is 1. The van der Waals surface area contributed by atoms with Crippen molar-refractivity contribution >= 4 is 29.1 Å². The lowest BCUT2D eigenvalue weighted by atomic mass is 10.2. The molecule has 0 aliphatic heterocycles. The fourth-order valence-corrected chi connectivity index (χ4v) is 3.07. The fourth-order valence-electron chi connectivity index (χ4n) is 2.36. The molecule has 0 atom stereocenters. The largest absolute Gasteiger partial charge is 0.497 e. The van der Waals surface area contributed by atoms with Crippen molar-refractivity contribution in [1.29, 1.82) is 0 Å². The predicted molar refractivity (Wildman–Crippen MR) is 110 cm³/mol. The number of carbonyl (C=O) groups is 1. The van der Waals surface area contributed by atoms with Gasteiger partial charge in [-0.05, 0) is 42.0 Å². The van der Waals surface area contributed by atoms with Crippen LogP contribution in [0, 0.1) is 10.1 Å². The van der Waals surface area contributed by atoms with Gasteiger partial charge in [0.1, 0.15) is 18.1 Å². The molecule has 0 radical (unpaired) electrons. The summed E-state index contributed by atoms with van der Waals surface area (Å²) in [6.45, 7) is 0.375. The second-order valence-electron chi connectivity index (χ2n) is 5.83. The highest BCUT2D eigenvalue weighted by Crippen LogP contribution is 2.20. The molecule has 0 saturated heterocycles. The summed E-state index contributed by atoms with van der Waals surface area (Å²) >= 11 is 1.17. The van der Waals surface area contributed by atoms with E-state index in [1.54, 1.807) is 31.4 Å². The van der Waals surface area contributed by atoms with Crippen molar-refractivity contribution in [2.75, 3.05) is 7.11 Å². The van der Waals surface area contributed by atoms with E-state index in [2.05, 4.69) is 10.5 Å². The van der Waals surface area contributed by atoms with E-state index in [1.165, 1.54) is 29.0 Å². The van der Waals surface area contributed by atoms with E-state index in [4.69, 9.17) is 9.47 Å². The highest BCUT2D eigenvalue weighted by atomic mass is 32.1. The number of nitrogens with zero attached hydrogens (tertiary/aromatic N) is 2. The van der Waals surface area contributed by atoms with Gasteiger partial charge < -0.3 is 9.47 Å². The van der Waals surface area contributed by atoms with Gasteiger partial charge >= 0.3 is 0 Å². The van der Waals surface area contributed by atoms with Crippen molar-refractivity contribution < 1.29 is 19.2 Å². The number of methoxy groups -OCH3 is 1. The Balaban J connectivity index is 1.52. The van der Waals surface area contributed by atoms with E-state index in [9.17, 15) is 14.9 Å². The number of amides is 1. The number of nitro groups is 1. The second kappa shape index (κ2) is 9.47. The van der Waals surface area contributed by atoms with Crippen LogP contribution in [0.5, 0.6) is 11.5 Å². The highest BCUT2D eigenvalue weighted by molar-refractivity contribution is 7.12. The van der Waals surface area contributed by atoms with E-state index >= 15 is 0 Å². The van der Waals surface area contributed by atoms with Crippen LogP contribution in [0.3, 0.4) is 0 Å². The lowest BCUT2D eigenvalue weighted by Crippen LogP contribution is -2.17. The number of rotatable bonds is 8. The molecule has 148 valence electrons. The normalized spacial score (nSPS) is 10.7. The van der Waals surface area contributed by atoms with E-state index in [-0.39, 0.29) is 5.69 Å². The summed E-state index contributed by atoms with van der Waals surface area (Å²) in [5.41, 5.74) is 3.76. The zero-order valence-electron chi connectivity index (χ0n) is 15.4. The molecule has 1 N–H and O–H groups in total. The predicted octanol–water partition coefficient (Wildman–Crippen LogP) is 4.01. The Labute approximate surface area is 170 Å². The summed E-state index contributed by atoms with van der Waals surface area (Å²) in [6.07, 6.45) is 1.36. The van der Waals surface area contributed by atoms with Crippen molar-refractivity contribution in [3.63, 3.8) is 0 Å². The molecule has 0 aliphatic rings. The van der Waals surface area contributed by atoms with Crippen molar-refractivity contribution in [2.24, 2.45) is 5.10 Å². The third-order valence-electron chi connectivity index (χ3n) is 3.83. The van der Waals surface area contributed by atoms with Gasteiger partial charge in [0.25, 0.3) is 11.6 Å². The maximum atomic E-state index is 12.1. The molecular formula is C20H17N3O5S. The zero-order valence-corrected chi connectivity index (χ0v) is 16.2. The molecule has 29 heavy (non-hydrogen) atoms. The van der Waals surface area contributed by atoms with Crippen molar-refractivity contribution in [1.82, 2.24) is 5.43 Å². The first kappa shape index (κ1) is 20.0. The van der Waals surface area contributed by atoms with Gasteiger partial charge in [0, 0.05) is 11.6 Å². The summed E-state index contributed by atoms with van der Waals surface area (Å²) in [5, 5.41) is 15.9. The minimum absolute atomic E-state index is 0.00712. The summed E-state index contributed by atoms with van der Waals surface area (Å²) < 4.78 is 10.9. The Morgan fingerprint density at radius 1 is 1.21 bits per heavy atom. The first-order valence-corrected chi connectivity index (χ1v) is 9.35. The molecule has 9 heteroatoms. The summed E-state index contributed by atoms with van der Waals surface area (Å²) in [7, 11) is 1.61. The molecule has 1 heterocycles. The van der Waals surface area contributed by atoms with Gasteiger partial charge in [-0.25, -0.2) is 5.43 Å². The average Bonchev–Trinajstić information content (AvgIpc) is 3.22. The highest BCUT2D eigenvalue weighted by Gasteiger charge is 2.08. The average molecular weight is 411 g/mol. The molecule has 0 spiro atoms. The van der Waals surface area contributed by atoms with Crippen LogP contribution < -0.4 is 14.9 Å². The maximum Gasteiger partial charge on any atom is 0.280 e. The Hall–Kier alpha value is -3.72. The molecule has 1 aromatic heterocycles. The molecule has 2 aromatic carbocycles. The van der Waals surface area contributed by atoms with Gasteiger partial charge in [-0.15, -0.1) is 11.3 Å². The number of nitrogens with one attached hydrogen (secondary N) is 1. The molecule has 3 aromatic rings. The molecule has 0 bridgehead atoms. The van der Waals surface area contributed by atoms with E-state index in [0.717, 1.165) is 11.3 Å². The second-order valence-corrected chi connectivity index (χ2v) is 6.77. The first-order valence-electron chi connectivity index (χ1n) is 8.47. The number of benzene rings is 2. The van der Waals surface area contributed by atoms with Crippen molar-refractivity contribution in [2.45, 2.75) is 6.61 Å². The molecule has 8 nitrogen and oxygen atoms in total. The van der Waals surface area contributed by atoms with E-state index < -0.39 is 10.8 Å². The molecule has 0 unspecified atom stereocenters. The third-order valence-corrected chi connectivity index (χ3v) is 4.69. The smallest absolute Gasteiger partial charge is 0.280 e. The standard InChI is InChI=1S/C20H17N3O5S/c1-27-18-4-2-3-14(9-18)12-28-17-7-5-15(6-8-17)20(24)22-21-11-19-10-16(13-29-19)23(25)26/h2-11,13H,12H2,1H3,(H,22,24)/b21-11-. The van der Waals surface area contributed by atoms with Crippen molar-refractivity contribution in [3.8, 4) is 11.5 Å². The topological polar surface area (TPSA) is 103 Å². The minimum atomic E-state index is -0.482. The van der Waals surface area contributed by atoms with Crippen LogP contribution in [0.4, 0.5) is 5.69 Å². The van der Waals surface area contributed by atoms with Crippen LogP contribution >= 0.6 is 11.3 Å². The number of hydrazone groups is 1. The Morgan fingerprint density at radius 3 is 2.69 bits per heavy atom. The monoisotopic (exact) mass is 411 g/mol. The van der Waals surface area contributed by atoms with Crippen LogP contribution in [0.25, 0.3) is 0 Å². The van der Waals surface area contributed by atoms with E-state index in [1.807, 2.05) is 24.3 Å². The van der Waals surface area contributed by atoms with Gasteiger partial charge in [-0.2, -0.15) is 5.10 Å². The van der Waals surface area contributed by atoms with Gasteiger partial charge in [-0.1, -0.05) is 12.1 Å². The molecular weight excluding hydrogens is 394 g/mol. The SMILES string of the molecule is COc1cccc(COc2ccc(C(=O)N/N=C\c3cc([N+](=O)[O-])cs3)cc2)c1. The van der Waals surface area contributed by atoms with Gasteiger partial charge in [-0.3, -0.25) is 14.9 Å². The van der Waals surface area contributed by atoms with Gasteiger partial charge in [0.05, 0.1) is 28.5 Å². The quantitative estimate of drug-likeness (QED) is 0.343. The van der Waals surface area contributed by atoms with Crippen LogP contribution in [0.2, 0.25) is 0 Å². The molecule has 0 fully saturated rings. The number of ether oxygens (including phenoxy) is 2. The first-order chi connectivity index (χ1) is 14.0. The van der Waals surface area contributed by atoms with Crippen LogP contribution in [0.1, 0.15) is 20.8 Å². The zero-order chi connectivity index (χ0) is 20.6. The Morgan fingerprint density at radius 2 is 2.00 bits per heavy atom. The van der Waals surface area contributed by atoms with E-state index in [0.29, 0.717) is 22.8 Å². The molecule has 0 saturated carbocycles. The summed E-state index contributed by atoms with van der Waals surface area (Å²) in [4.78, 5) is 22.9. The molecule has 1 amide bonds. The van der Waals surface area contributed by atoms with Crippen LogP contribution in [-0.2, 0) is 6.61 Å². The Bertz CT molecular complexity index is 1030. The van der Waals surface area contributed by atoms with Gasteiger partial charge in [0.2, 0.25) is 0 Å². The molecule has 3 rings (SSSR count). The number of hydrogen-bond acceptors (Lipinski definition) is 7. The summed E-state index contributed by atoms with van der Waals surface area (Å²) in [5.74, 6) is 0.987. The minimum Gasteiger partial charge on any atom is -0.497 e. The van der Waals surface area contributed by atoms with Crippen LogP contribution in [-0.4, -0.2) is 24.2 Å². The maximum absolute atomic E-state index is 12.1. The number of hydrogen-bond donors (Lipinski definition) is 1.